The van der Waals surface area contributed by atoms with E-state index in [1.54, 1.807) is 0 Å². The number of fused-ring (bicyclic) bond motifs is 14. The van der Waals surface area contributed by atoms with Gasteiger partial charge in [0.1, 0.15) is 0 Å². The van der Waals surface area contributed by atoms with E-state index in [2.05, 4.69) is 262 Å². The summed E-state index contributed by atoms with van der Waals surface area (Å²) >= 11 is 0. The number of anilines is 12. The number of rotatable bonds is 4. The van der Waals surface area contributed by atoms with Crippen LogP contribution in [0.4, 0.5) is 68.2 Å². The fourth-order valence-corrected chi connectivity index (χ4v) is 16.5. The number of para-hydroxylation sites is 10. The Labute approximate surface area is 383 Å². The molecule has 10 aromatic carbocycles. The van der Waals surface area contributed by atoms with E-state index in [0.717, 1.165) is 110 Å². The maximum atomic E-state index is 17.8. The molecule has 6 heteroatoms. The average molecular weight is 865 g/mol. The summed E-state index contributed by atoms with van der Waals surface area (Å²) in [7, 11) is -4.16. The van der Waals surface area contributed by atoms with E-state index in [9.17, 15) is 0 Å². The molecule has 0 N–H and O–H groups in total. The maximum Gasteiger partial charge on any atom is 0.0703 e. The standard InChI is InChI=1S/C60H40N4OS/c65-66(57-33-17-7-23-45(57)47-39-43(35-37-59(47)66)63-53-29-13-9-25-49(53)61(41-19-3-1-4-20-41)50-26-10-14-30-54(50)63)58-34-18-8-24-46(58)48-40-44(36-38-60(48)66)64-55-31-15-11-27-51(55)62(42-21-5-2-6-22-42)52-28-12-16-32-56(52)64/h1-40H. The summed E-state index contributed by atoms with van der Waals surface area (Å²) in [5.74, 6) is 0. The van der Waals surface area contributed by atoms with Gasteiger partial charge < -0.3 is 19.6 Å². The summed E-state index contributed by atoms with van der Waals surface area (Å²) in [4.78, 5) is 12.9. The van der Waals surface area contributed by atoms with E-state index in [4.69, 9.17) is 0 Å². The molecular formula is C60H40N4OS. The van der Waals surface area contributed by atoms with Gasteiger partial charge in [0.05, 0.1) is 45.5 Å². The van der Waals surface area contributed by atoms with Crippen molar-refractivity contribution in [3.8, 4) is 22.3 Å². The van der Waals surface area contributed by atoms with Gasteiger partial charge in [-0.25, -0.2) is 0 Å². The maximum absolute atomic E-state index is 17.8. The average Bonchev–Trinajstić information content (AvgIpc) is 3.77. The molecule has 4 aliphatic heterocycles. The largest absolute Gasteiger partial charge is 0.306 e. The van der Waals surface area contributed by atoms with Crippen LogP contribution in [0.5, 0.6) is 0 Å². The Balaban J connectivity index is 0.969. The van der Waals surface area contributed by atoms with Crippen molar-refractivity contribution >= 4 is 77.3 Å². The Bertz CT molecular complexity index is 3380. The summed E-state index contributed by atoms with van der Waals surface area (Å²) in [6.45, 7) is 0. The van der Waals surface area contributed by atoms with Gasteiger partial charge in [0, 0.05) is 62.5 Å². The monoisotopic (exact) mass is 864 g/mol. The SMILES string of the molecule is O=S12(c3ccccc3-c3cc(N4c5ccccc5N(c5ccccc5)c5ccccc54)ccc31)c1ccccc1-c1cc(N3c4ccccc4N(c4ccccc4)c4ccccc43)ccc12. The number of hydrogen-bond donors (Lipinski definition) is 0. The van der Waals surface area contributed by atoms with E-state index in [1.807, 2.05) is 0 Å². The lowest BCUT2D eigenvalue weighted by molar-refractivity contribution is 0.658. The van der Waals surface area contributed by atoms with Gasteiger partial charge in [0.2, 0.25) is 0 Å². The summed E-state index contributed by atoms with van der Waals surface area (Å²) in [5.41, 5.74) is 16.9. The normalized spacial score (nSPS) is 15.5. The Morgan fingerprint density at radius 3 is 0.818 bits per heavy atom. The molecule has 5 nitrogen and oxygen atoms in total. The second kappa shape index (κ2) is 13.5. The van der Waals surface area contributed by atoms with Crippen LogP contribution in [0.2, 0.25) is 0 Å². The quantitative estimate of drug-likeness (QED) is 0.176. The molecule has 0 aliphatic carbocycles. The van der Waals surface area contributed by atoms with Crippen molar-refractivity contribution in [1.82, 2.24) is 0 Å². The first-order valence-corrected chi connectivity index (χ1v) is 24.4. The fraction of sp³-hybridized carbons (Fsp3) is 0. The van der Waals surface area contributed by atoms with Crippen LogP contribution in [0, 0.1) is 0 Å². The molecule has 0 atom stereocenters. The van der Waals surface area contributed by atoms with Gasteiger partial charge in [0.15, 0.2) is 0 Å². The molecule has 0 fully saturated rings. The predicted molar refractivity (Wildman–Crippen MR) is 271 cm³/mol. The molecule has 14 rings (SSSR count). The fourth-order valence-electron chi connectivity index (χ4n) is 11.3. The second-order valence-electron chi connectivity index (χ2n) is 17.3. The Hall–Kier alpha value is -8.45. The highest BCUT2D eigenvalue weighted by atomic mass is 32.3. The van der Waals surface area contributed by atoms with E-state index < -0.39 is 9.07 Å². The van der Waals surface area contributed by atoms with Crippen LogP contribution in [-0.4, -0.2) is 4.21 Å². The lowest BCUT2D eigenvalue weighted by Gasteiger charge is -2.41. The molecule has 10 aromatic rings. The van der Waals surface area contributed by atoms with E-state index in [1.165, 1.54) is 0 Å². The van der Waals surface area contributed by atoms with Crippen molar-refractivity contribution in [2.75, 3.05) is 19.6 Å². The molecule has 0 amide bonds. The topological polar surface area (TPSA) is 30.0 Å². The van der Waals surface area contributed by atoms with Gasteiger partial charge in [0.25, 0.3) is 0 Å². The summed E-state index contributed by atoms with van der Waals surface area (Å²) in [5, 5.41) is 0. The van der Waals surface area contributed by atoms with Crippen molar-refractivity contribution in [2.45, 2.75) is 19.6 Å². The van der Waals surface area contributed by atoms with Gasteiger partial charge in [-0.1, -0.05) is 121 Å². The van der Waals surface area contributed by atoms with Crippen LogP contribution in [0.25, 0.3) is 22.3 Å². The lowest BCUT2D eigenvalue weighted by atomic mass is 10.0. The highest BCUT2D eigenvalue weighted by Crippen LogP contribution is 2.72. The molecule has 66 heavy (non-hydrogen) atoms. The van der Waals surface area contributed by atoms with Gasteiger partial charge in [-0.15, -0.1) is 0 Å². The second-order valence-corrected chi connectivity index (χ2v) is 20.9. The van der Waals surface area contributed by atoms with Gasteiger partial charge in [-0.05, 0) is 132 Å². The van der Waals surface area contributed by atoms with Crippen molar-refractivity contribution < 1.29 is 4.21 Å². The smallest absolute Gasteiger partial charge is 0.0703 e. The highest BCUT2D eigenvalue weighted by Gasteiger charge is 2.57. The van der Waals surface area contributed by atoms with Crippen LogP contribution in [-0.2, 0) is 9.07 Å². The van der Waals surface area contributed by atoms with Gasteiger partial charge >= 0.3 is 0 Å². The van der Waals surface area contributed by atoms with Crippen molar-refractivity contribution in [2.24, 2.45) is 0 Å². The highest BCUT2D eigenvalue weighted by molar-refractivity contribution is 8.21. The Morgan fingerprint density at radius 1 is 0.227 bits per heavy atom. The molecular weight excluding hydrogens is 825 g/mol. The molecule has 0 radical (unpaired) electrons. The van der Waals surface area contributed by atoms with Crippen LogP contribution in [0.3, 0.4) is 0 Å². The van der Waals surface area contributed by atoms with Crippen molar-refractivity contribution in [3.63, 3.8) is 0 Å². The van der Waals surface area contributed by atoms with Crippen LogP contribution >= 0.6 is 0 Å². The minimum atomic E-state index is -4.16. The summed E-state index contributed by atoms with van der Waals surface area (Å²) in [6, 6.07) is 85.7. The molecule has 312 valence electrons. The van der Waals surface area contributed by atoms with Crippen LogP contribution < -0.4 is 19.6 Å². The zero-order valence-electron chi connectivity index (χ0n) is 35.7. The number of nitrogens with zero attached hydrogens (tertiary/aromatic N) is 4. The van der Waals surface area contributed by atoms with Crippen molar-refractivity contribution in [3.05, 3.63) is 243 Å². The number of benzene rings is 10. The Kier molecular flexibility index (Phi) is 7.58. The first kappa shape index (κ1) is 37.0. The third kappa shape index (κ3) is 4.70. The van der Waals surface area contributed by atoms with E-state index in [0.29, 0.717) is 0 Å². The van der Waals surface area contributed by atoms with Gasteiger partial charge in [-0.2, -0.15) is 0 Å². The minimum Gasteiger partial charge on any atom is -0.306 e. The lowest BCUT2D eigenvalue weighted by Crippen LogP contribution is -2.30. The zero-order chi connectivity index (χ0) is 43.6. The molecule has 1 spiro atoms. The third-order valence-electron chi connectivity index (χ3n) is 14.0. The minimum absolute atomic E-state index is 0.854. The van der Waals surface area contributed by atoms with Crippen molar-refractivity contribution in [1.29, 1.82) is 0 Å². The first-order valence-electron chi connectivity index (χ1n) is 22.4. The van der Waals surface area contributed by atoms with E-state index >= 15 is 4.21 Å². The number of hydrogen-bond acceptors (Lipinski definition) is 5. The molecule has 0 unspecified atom stereocenters. The molecule has 4 aliphatic rings. The van der Waals surface area contributed by atoms with Crippen LogP contribution in [0.1, 0.15) is 0 Å². The summed E-state index contributed by atoms with van der Waals surface area (Å²) in [6.07, 6.45) is 0. The molecule has 0 saturated carbocycles. The summed E-state index contributed by atoms with van der Waals surface area (Å²) < 4.78 is 17.8. The van der Waals surface area contributed by atoms with Crippen LogP contribution in [0.15, 0.2) is 262 Å². The van der Waals surface area contributed by atoms with E-state index in [-0.39, 0.29) is 0 Å². The molecule has 0 bridgehead atoms. The predicted octanol–water partition coefficient (Wildman–Crippen LogP) is 16.5. The third-order valence-corrected chi connectivity index (χ3v) is 18.7. The zero-order valence-corrected chi connectivity index (χ0v) is 36.5. The molecule has 4 heterocycles. The molecule has 0 aromatic heterocycles. The Morgan fingerprint density at radius 2 is 0.485 bits per heavy atom. The molecule has 0 saturated heterocycles. The van der Waals surface area contributed by atoms with Gasteiger partial charge in [-0.3, -0.25) is 4.21 Å². The first-order chi connectivity index (χ1) is 32.6.